The van der Waals surface area contributed by atoms with Crippen molar-refractivity contribution < 1.29 is 15.0 Å². The van der Waals surface area contributed by atoms with Gasteiger partial charge in [0, 0.05) is 0 Å². The predicted molar refractivity (Wildman–Crippen MR) is 65.8 cm³/mol. The van der Waals surface area contributed by atoms with Crippen molar-refractivity contribution in [3.63, 3.8) is 0 Å². The van der Waals surface area contributed by atoms with Crippen LogP contribution in [-0.4, -0.2) is 26.3 Å². The minimum Gasteiger partial charge on any atom is -0.504 e. The van der Waals surface area contributed by atoms with Gasteiger partial charge in [-0.05, 0) is 26.0 Å². The number of anilines is 1. The number of amides is 1. The maximum atomic E-state index is 12.0. The standard InChI is InChI=1S/C12H13N3O3/c1-6-10(7(2)15-14-6)13-12(18)8-4-3-5-9(16)11(8)17/h3-5,16-17H,1-2H3,(H,13,18)(H,14,15). The van der Waals surface area contributed by atoms with Crippen LogP contribution in [0.5, 0.6) is 11.5 Å². The lowest BCUT2D eigenvalue weighted by Gasteiger charge is -2.07. The van der Waals surface area contributed by atoms with Crippen LogP contribution in [0.1, 0.15) is 21.7 Å². The third-order valence-corrected chi connectivity index (χ3v) is 2.63. The van der Waals surface area contributed by atoms with Crippen molar-refractivity contribution in [3.8, 4) is 11.5 Å². The van der Waals surface area contributed by atoms with Crippen molar-refractivity contribution in [2.24, 2.45) is 0 Å². The third kappa shape index (κ3) is 2.00. The zero-order valence-electron chi connectivity index (χ0n) is 9.98. The lowest BCUT2D eigenvalue weighted by Crippen LogP contribution is -2.13. The summed E-state index contributed by atoms with van der Waals surface area (Å²) in [6.07, 6.45) is 0. The van der Waals surface area contributed by atoms with Gasteiger partial charge >= 0.3 is 0 Å². The van der Waals surface area contributed by atoms with Crippen molar-refractivity contribution in [2.75, 3.05) is 5.32 Å². The molecule has 1 aromatic carbocycles. The smallest absolute Gasteiger partial charge is 0.259 e. The number of aromatic amines is 1. The molecule has 1 heterocycles. The van der Waals surface area contributed by atoms with Crippen molar-refractivity contribution in [2.45, 2.75) is 13.8 Å². The minimum atomic E-state index is -0.504. The fraction of sp³-hybridized carbons (Fsp3) is 0.167. The van der Waals surface area contributed by atoms with Gasteiger partial charge < -0.3 is 15.5 Å². The Hall–Kier alpha value is -2.50. The Bertz CT molecular complexity index is 585. The van der Waals surface area contributed by atoms with E-state index in [4.69, 9.17) is 0 Å². The van der Waals surface area contributed by atoms with E-state index < -0.39 is 11.7 Å². The first-order valence-corrected chi connectivity index (χ1v) is 5.34. The van der Waals surface area contributed by atoms with Gasteiger partial charge in [0.25, 0.3) is 5.91 Å². The molecular formula is C12H13N3O3. The number of aryl methyl sites for hydroxylation is 2. The largest absolute Gasteiger partial charge is 0.504 e. The number of phenols is 2. The molecule has 2 rings (SSSR count). The summed E-state index contributed by atoms with van der Waals surface area (Å²) in [5.74, 6) is -1.27. The van der Waals surface area contributed by atoms with Gasteiger partial charge in [0.2, 0.25) is 0 Å². The molecule has 0 atom stereocenters. The molecule has 0 fully saturated rings. The molecule has 0 radical (unpaired) electrons. The Kier molecular flexibility index (Phi) is 2.93. The normalized spacial score (nSPS) is 10.3. The SMILES string of the molecule is Cc1n[nH]c(C)c1NC(=O)c1cccc(O)c1O. The summed E-state index contributed by atoms with van der Waals surface area (Å²) in [5.41, 5.74) is 1.96. The molecule has 4 N–H and O–H groups in total. The number of para-hydroxylation sites is 1. The Morgan fingerprint density at radius 1 is 1.33 bits per heavy atom. The molecule has 0 spiro atoms. The second kappa shape index (κ2) is 4.40. The number of aromatic hydroxyl groups is 2. The summed E-state index contributed by atoms with van der Waals surface area (Å²) in [6.45, 7) is 3.53. The first-order chi connectivity index (χ1) is 8.50. The fourth-order valence-corrected chi connectivity index (χ4v) is 1.63. The van der Waals surface area contributed by atoms with Crippen LogP contribution in [0.3, 0.4) is 0 Å². The Morgan fingerprint density at radius 2 is 2.06 bits per heavy atom. The number of phenolic OH excluding ortho intramolecular Hbond substituents is 2. The highest BCUT2D eigenvalue weighted by Gasteiger charge is 2.16. The van der Waals surface area contributed by atoms with Crippen molar-refractivity contribution >= 4 is 11.6 Å². The van der Waals surface area contributed by atoms with E-state index in [0.717, 1.165) is 5.69 Å². The molecule has 0 saturated heterocycles. The molecule has 0 aliphatic carbocycles. The number of hydrogen-bond donors (Lipinski definition) is 4. The highest BCUT2D eigenvalue weighted by molar-refractivity contribution is 6.07. The number of carbonyl (C=O) groups is 1. The van der Waals surface area contributed by atoms with E-state index in [0.29, 0.717) is 11.4 Å². The van der Waals surface area contributed by atoms with Gasteiger partial charge in [-0.3, -0.25) is 9.89 Å². The fourth-order valence-electron chi connectivity index (χ4n) is 1.63. The number of aromatic nitrogens is 2. The number of hydrogen-bond acceptors (Lipinski definition) is 4. The first kappa shape index (κ1) is 12.0. The van der Waals surface area contributed by atoms with Gasteiger partial charge in [0.15, 0.2) is 11.5 Å². The van der Waals surface area contributed by atoms with E-state index in [9.17, 15) is 15.0 Å². The zero-order valence-corrected chi connectivity index (χ0v) is 9.98. The highest BCUT2D eigenvalue weighted by Crippen LogP contribution is 2.29. The van der Waals surface area contributed by atoms with Gasteiger partial charge in [0.05, 0.1) is 22.6 Å². The van der Waals surface area contributed by atoms with E-state index >= 15 is 0 Å². The van der Waals surface area contributed by atoms with Crippen molar-refractivity contribution in [3.05, 3.63) is 35.2 Å². The molecule has 6 heteroatoms. The molecule has 0 aliphatic rings. The van der Waals surface area contributed by atoms with Crippen LogP contribution in [0.2, 0.25) is 0 Å². The van der Waals surface area contributed by atoms with Crippen LogP contribution in [0.25, 0.3) is 0 Å². The van der Waals surface area contributed by atoms with E-state index in [1.54, 1.807) is 13.8 Å². The molecule has 1 aromatic heterocycles. The summed E-state index contributed by atoms with van der Waals surface area (Å²) in [4.78, 5) is 12.0. The summed E-state index contributed by atoms with van der Waals surface area (Å²) in [7, 11) is 0. The van der Waals surface area contributed by atoms with Crippen LogP contribution in [-0.2, 0) is 0 Å². The van der Waals surface area contributed by atoms with Gasteiger partial charge in [-0.25, -0.2) is 0 Å². The van der Waals surface area contributed by atoms with Crippen LogP contribution in [0.15, 0.2) is 18.2 Å². The number of carbonyl (C=O) groups excluding carboxylic acids is 1. The predicted octanol–water partition coefficient (Wildman–Crippen LogP) is 1.69. The van der Waals surface area contributed by atoms with Crippen LogP contribution in [0.4, 0.5) is 5.69 Å². The number of benzene rings is 1. The van der Waals surface area contributed by atoms with E-state index in [-0.39, 0.29) is 11.3 Å². The summed E-state index contributed by atoms with van der Waals surface area (Å²) in [5, 5.41) is 28.3. The second-order valence-corrected chi connectivity index (χ2v) is 3.94. The zero-order chi connectivity index (χ0) is 13.3. The summed E-state index contributed by atoms with van der Waals surface area (Å²) in [6, 6.07) is 4.22. The second-order valence-electron chi connectivity index (χ2n) is 3.94. The van der Waals surface area contributed by atoms with E-state index in [1.807, 2.05) is 0 Å². The molecular weight excluding hydrogens is 234 g/mol. The van der Waals surface area contributed by atoms with Gasteiger partial charge in [-0.15, -0.1) is 0 Å². The number of rotatable bonds is 2. The lowest BCUT2D eigenvalue weighted by molar-refractivity contribution is 0.102. The van der Waals surface area contributed by atoms with E-state index in [2.05, 4.69) is 15.5 Å². The van der Waals surface area contributed by atoms with Gasteiger partial charge in [-0.1, -0.05) is 6.07 Å². The van der Waals surface area contributed by atoms with Crippen LogP contribution < -0.4 is 5.32 Å². The monoisotopic (exact) mass is 247 g/mol. The summed E-state index contributed by atoms with van der Waals surface area (Å²) < 4.78 is 0. The van der Waals surface area contributed by atoms with E-state index in [1.165, 1.54) is 18.2 Å². The Balaban J connectivity index is 2.31. The van der Waals surface area contributed by atoms with Crippen LogP contribution >= 0.6 is 0 Å². The molecule has 0 saturated carbocycles. The molecule has 6 nitrogen and oxygen atoms in total. The van der Waals surface area contributed by atoms with Crippen LogP contribution in [0, 0.1) is 13.8 Å². The Labute approximate surface area is 103 Å². The molecule has 94 valence electrons. The molecule has 0 aliphatic heterocycles. The quantitative estimate of drug-likeness (QED) is 0.607. The number of nitrogens with one attached hydrogen (secondary N) is 2. The Morgan fingerprint density at radius 3 is 2.67 bits per heavy atom. The topological polar surface area (TPSA) is 98.2 Å². The summed E-state index contributed by atoms with van der Waals surface area (Å²) >= 11 is 0. The van der Waals surface area contributed by atoms with Gasteiger partial charge in [0.1, 0.15) is 0 Å². The molecule has 1 amide bonds. The van der Waals surface area contributed by atoms with Crippen molar-refractivity contribution in [1.29, 1.82) is 0 Å². The number of nitrogens with zero attached hydrogens (tertiary/aromatic N) is 1. The average molecular weight is 247 g/mol. The number of H-pyrrole nitrogens is 1. The first-order valence-electron chi connectivity index (χ1n) is 5.34. The molecule has 2 aromatic rings. The van der Waals surface area contributed by atoms with Gasteiger partial charge in [-0.2, -0.15) is 5.10 Å². The highest BCUT2D eigenvalue weighted by atomic mass is 16.3. The maximum absolute atomic E-state index is 12.0. The molecule has 18 heavy (non-hydrogen) atoms. The lowest BCUT2D eigenvalue weighted by atomic mass is 10.1. The van der Waals surface area contributed by atoms with Crippen molar-refractivity contribution in [1.82, 2.24) is 10.2 Å². The molecule has 0 bridgehead atoms. The average Bonchev–Trinajstić information content (AvgIpc) is 2.64. The minimum absolute atomic E-state index is 0.00926. The maximum Gasteiger partial charge on any atom is 0.259 e. The third-order valence-electron chi connectivity index (χ3n) is 2.63. The molecule has 0 unspecified atom stereocenters.